The molecule has 0 unspecified atom stereocenters. The van der Waals surface area contributed by atoms with Gasteiger partial charge in [0.15, 0.2) is 0 Å². The smallest absolute Gasteiger partial charge is 0.241 e. The number of fused-ring (bicyclic) bond motifs is 1. The standard InChI is InChI=1S/C15H19N3O3S/c1-2-12-6-3-4-7-14(12)22(19,20)16-11-13-10-15-18(17-13)8-5-9-21-15/h3-4,6-7,10,16H,2,5,8-9,11H2,1H3. The first-order valence-electron chi connectivity index (χ1n) is 7.37. The molecule has 0 aliphatic carbocycles. The molecule has 2 aromatic rings. The summed E-state index contributed by atoms with van der Waals surface area (Å²) in [7, 11) is -3.54. The van der Waals surface area contributed by atoms with Crippen molar-refractivity contribution in [3.8, 4) is 5.88 Å². The molecule has 0 radical (unpaired) electrons. The van der Waals surface area contributed by atoms with Gasteiger partial charge in [0.05, 0.1) is 23.7 Å². The highest BCUT2D eigenvalue weighted by Crippen LogP contribution is 2.19. The quantitative estimate of drug-likeness (QED) is 0.910. The van der Waals surface area contributed by atoms with Gasteiger partial charge in [0, 0.05) is 19.0 Å². The van der Waals surface area contributed by atoms with Gasteiger partial charge in [-0.15, -0.1) is 0 Å². The number of benzene rings is 1. The van der Waals surface area contributed by atoms with Crippen LogP contribution in [0.5, 0.6) is 5.88 Å². The highest BCUT2D eigenvalue weighted by Gasteiger charge is 2.19. The number of aromatic nitrogens is 2. The lowest BCUT2D eigenvalue weighted by Gasteiger charge is -2.13. The van der Waals surface area contributed by atoms with E-state index in [1.807, 2.05) is 19.1 Å². The third-order valence-corrected chi connectivity index (χ3v) is 5.15. The molecule has 3 rings (SSSR count). The lowest BCUT2D eigenvalue weighted by atomic mass is 10.2. The Morgan fingerprint density at radius 2 is 2.18 bits per heavy atom. The van der Waals surface area contributed by atoms with E-state index >= 15 is 0 Å². The molecule has 6 nitrogen and oxygen atoms in total. The molecular formula is C15H19N3O3S. The van der Waals surface area contributed by atoms with Crippen LogP contribution < -0.4 is 9.46 Å². The molecule has 118 valence electrons. The summed E-state index contributed by atoms with van der Waals surface area (Å²) < 4.78 is 34.8. The molecule has 1 N–H and O–H groups in total. The Balaban J connectivity index is 1.76. The number of nitrogens with zero attached hydrogens (tertiary/aromatic N) is 2. The molecule has 0 saturated carbocycles. The average molecular weight is 321 g/mol. The zero-order valence-corrected chi connectivity index (χ0v) is 13.3. The first-order chi connectivity index (χ1) is 10.6. The molecule has 1 aliphatic rings. The van der Waals surface area contributed by atoms with Crippen LogP contribution in [0, 0.1) is 0 Å². The van der Waals surface area contributed by atoms with Gasteiger partial charge < -0.3 is 4.74 Å². The van der Waals surface area contributed by atoms with Crippen molar-refractivity contribution in [2.24, 2.45) is 0 Å². The number of aryl methyl sites for hydroxylation is 2. The molecule has 1 aliphatic heterocycles. The molecule has 1 aromatic carbocycles. The summed E-state index contributed by atoms with van der Waals surface area (Å²) in [4.78, 5) is 0.331. The molecule has 7 heteroatoms. The predicted octanol–water partition coefficient (Wildman–Crippen LogP) is 1.71. The Labute approximate surface area is 130 Å². The van der Waals surface area contributed by atoms with Crippen LogP contribution in [-0.2, 0) is 29.5 Å². The van der Waals surface area contributed by atoms with Gasteiger partial charge in [-0.2, -0.15) is 5.10 Å². The number of nitrogens with one attached hydrogen (secondary N) is 1. The maximum absolute atomic E-state index is 12.5. The lowest BCUT2D eigenvalue weighted by molar-refractivity contribution is 0.230. The van der Waals surface area contributed by atoms with Crippen LogP contribution in [0.2, 0.25) is 0 Å². The fourth-order valence-corrected chi connectivity index (χ4v) is 3.82. The van der Waals surface area contributed by atoms with Crippen molar-refractivity contribution in [1.82, 2.24) is 14.5 Å². The molecule has 0 amide bonds. The van der Waals surface area contributed by atoms with E-state index in [-0.39, 0.29) is 6.54 Å². The van der Waals surface area contributed by atoms with E-state index in [9.17, 15) is 8.42 Å². The second kappa shape index (κ2) is 6.10. The Morgan fingerprint density at radius 1 is 1.36 bits per heavy atom. The zero-order chi connectivity index (χ0) is 15.6. The molecule has 1 aromatic heterocycles. The molecule has 0 atom stereocenters. The maximum Gasteiger partial charge on any atom is 0.241 e. The summed E-state index contributed by atoms with van der Waals surface area (Å²) in [5, 5.41) is 4.35. The molecule has 0 spiro atoms. The molecule has 2 heterocycles. The molecule has 0 fully saturated rings. The summed E-state index contributed by atoms with van der Waals surface area (Å²) in [6, 6.07) is 8.82. The van der Waals surface area contributed by atoms with Gasteiger partial charge in [-0.25, -0.2) is 17.8 Å². The average Bonchev–Trinajstić information content (AvgIpc) is 2.96. The summed E-state index contributed by atoms with van der Waals surface area (Å²) >= 11 is 0. The Bertz CT molecular complexity index is 745. The van der Waals surface area contributed by atoms with E-state index in [1.54, 1.807) is 22.9 Å². The van der Waals surface area contributed by atoms with Gasteiger partial charge in [0.25, 0.3) is 0 Å². The van der Waals surface area contributed by atoms with Crippen molar-refractivity contribution < 1.29 is 13.2 Å². The van der Waals surface area contributed by atoms with Crippen molar-refractivity contribution in [3.05, 3.63) is 41.6 Å². The molecule has 22 heavy (non-hydrogen) atoms. The van der Waals surface area contributed by atoms with Crippen LogP contribution in [-0.4, -0.2) is 24.8 Å². The van der Waals surface area contributed by atoms with Gasteiger partial charge in [-0.1, -0.05) is 25.1 Å². The number of sulfonamides is 1. The lowest BCUT2D eigenvalue weighted by Crippen LogP contribution is -2.24. The number of rotatable bonds is 5. The van der Waals surface area contributed by atoms with E-state index in [4.69, 9.17) is 4.74 Å². The molecule has 0 saturated heterocycles. The van der Waals surface area contributed by atoms with Crippen molar-refractivity contribution >= 4 is 10.0 Å². The first-order valence-corrected chi connectivity index (χ1v) is 8.85. The van der Waals surface area contributed by atoms with E-state index in [2.05, 4.69) is 9.82 Å². The highest BCUT2D eigenvalue weighted by atomic mass is 32.2. The highest BCUT2D eigenvalue weighted by molar-refractivity contribution is 7.89. The number of hydrogen-bond donors (Lipinski definition) is 1. The largest absolute Gasteiger partial charge is 0.478 e. The topological polar surface area (TPSA) is 73.2 Å². The normalized spacial score (nSPS) is 14.4. The van der Waals surface area contributed by atoms with Crippen molar-refractivity contribution in [1.29, 1.82) is 0 Å². The minimum absolute atomic E-state index is 0.156. The van der Waals surface area contributed by atoms with Crippen LogP contribution >= 0.6 is 0 Å². The fourth-order valence-electron chi connectivity index (χ4n) is 2.51. The van der Waals surface area contributed by atoms with E-state index in [0.717, 1.165) is 18.5 Å². The summed E-state index contributed by atoms with van der Waals surface area (Å²) in [5.74, 6) is 0.703. The van der Waals surface area contributed by atoms with Crippen molar-refractivity contribution in [3.63, 3.8) is 0 Å². The fraction of sp³-hybridized carbons (Fsp3) is 0.400. The van der Waals surface area contributed by atoms with Gasteiger partial charge in [0.2, 0.25) is 15.9 Å². The van der Waals surface area contributed by atoms with E-state index in [1.165, 1.54) is 0 Å². The Hall–Kier alpha value is -1.86. The molecule has 0 bridgehead atoms. The summed E-state index contributed by atoms with van der Waals surface area (Å²) in [6.07, 6.45) is 1.59. The van der Waals surface area contributed by atoms with Gasteiger partial charge in [-0.05, 0) is 18.1 Å². The second-order valence-electron chi connectivity index (χ2n) is 5.18. The van der Waals surface area contributed by atoms with Crippen molar-refractivity contribution in [2.75, 3.05) is 6.61 Å². The monoisotopic (exact) mass is 321 g/mol. The van der Waals surface area contributed by atoms with E-state index < -0.39 is 10.0 Å². The maximum atomic E-state index is 12.5. The van der Waals surface area contributed by atoms with E-state index in [0.29, 0.717) is 29.5 Å². The number of hydrogen-bond acceptors (Lipinski definition) is 4. The SMILES string of the molecule is CCc1ccccc1S(=O)(=O)NCc1cc2n(n1)CCCO2. The number of ether oxygens (including phenoxy) is 1. The van der Waals surface area contributed by atoms with Gasteiger partial charge in [0.1, 0.15) is 0 Å². The summed E-state index contributed by atoms with van der Waals surface area (Å²) in [5.41, 5.74) is 1.47. The minimum atomic E-state index is -3.54. The Kier molecular flexibility index (Phi) is 4.17. The minimum Gasteiger partial charge on any atom is -0.478 e. The van der Waals surface area contributed by atoms with Crippen molar-refractivity contribution in [2.45, 2.75) is 37.8 Å². The Morgan fingerprint density at radius 3 is 2.95 bits per heavy atom. The summed E-state index contributed by atoms with van der Waals surface area (Å²) in [6.45, 7) is 3.58. The van der Waals surface area contributed by atoms with Crippen LogP contribution in [0.25, 0.3) is 0 Å². The third-order valence-electron chi connectivity index (χ3n) is 3.64. The van der Waals surface area contributed by atoms with Crippen LogP contribution in [0.15, 0.2) is 35.2 Å². The molecular weight excluding hydrogens is 302 g/mol. The van der Waals surface area contributed by atoms with Crippen LogP contribution in [0.4, 0.5) is 0 Å². The van der Waals surface area contributed by atoms with Gasteiger partial charge in [-0.3, -0.25) is 0 Å². The predicted molar refractivity (Wildman–Crippen MR) is 82.2 cm³/mol. The first kappa shape index (κ1) is 15.1. The van der Waals surface area contributed by atoms with Gasteiger partial charge >= 0.3 is 0 Å². The van der Waals surface area contributed by atoms with Crippen LogP contribution in [0.3, 0.4) is 0 Å². The zero-order valence-electron chi connectivity index (χ0n) is 12.4. The third kappa shape index (κ3) is 3.00. The second-order valence-corrected chi connectivity index (χ2v) is 6.92. The van der Waals surface area contributed by atoms with Crippen LogP contribution in [0.1, 0.15) is 24.6 Å².